The largest absolute Gasteiger partial charge is 0.478 e. The summed E-state index contributed by atoms with van der Waals surface area (Å²) in [5.74, 6) is -0.847. The summed E-state index contributed by atoms with van der Waals surface area (Å²) in [5.41, 5.74) is 3.13. The van der Waals surface area contributed by atoms with Crippen molar-refractivity contribution in [1.29, 1.82) is 0 Å². The van der Waals surface area contributed by atoms with Gasteiger partial charge in [-0.2, -0.15) is 0 Å². The number of aromatic nitrogens is 1. The van der Waals surface area contributed by atoms with Gasteiger partial charge < -0.3 is 5.11 Å². The van der Waals surface area contributed by atoms with E-state index in [1.807, 2.05) is 18.2 Å². The number of fused-ring (bicyclic) bond motifs is 5. The lowest BCUT2D eigenvalue weighted by Gasteiger charge is -2.33. The van der Waals surface area contributed by atoms with Crippen molar-refractivity contribution in [3.05, 3.63) is 39.5 Å². The van der Waals surface area contributed by atoms with Gasteiger partial charge in [0.05, 0.1) is 11.1 Å². The normalized spacial score (nSPS) is 24.3. The third-order valence-electron chi connectivity index (χ3n) is 4.88. The van der Waals surface area contributed by atoms with Gasteiger partial charge in [-0.05, 0) is 32.0 Å². The SMILES string of the molecule is CN1C2CCC1c1c(nc3cc(Br)ccc3c1C(=O)O)C2. The van der Waals surface area contributed by atoms with Crippen molar-refractivity contribution in [2.24, 2.45) is 0 Å². The van der Waals surface area contributed by atoms with E-state index in [1.165, 1.54) is 0 Å². The van der Waals surface area contributed by atoms with Gasteiger partial charge in [-0.25, -0.2) is 4.79 Å². The molecule has 2 atom stereocenters. The number of carbonyl (C=O) groups is 1. The molecule has 0 saturated carbocycles. The summed E-state index contributed by atoms with van der Waals surface area (Å²) < 4.78 is 0.926. The Morgan fingerprint density at radius 1 is 1.43 bits per heavy atom. The van der Waals surface area contributed by atoms with Crippen LogP contribution in [0, 0.1) is 0 Å². The summed E-state index contributed by atoms with van der Waals surface area (Å²) in [6.45, 7) is 0. The highest BCUT2D eigenvalue weighted by Crippen LogP contribution is 2.45. The summed E-state index contributed by atoms with van der Waals surface area (Å²) in [4.78, 5) is 19.0. The Kier molecular flexibility index (Phi) is 2.84. The van der Waals surface area contributed by atoms with Gasteiger partial charge in [0.15, 0.2) is 0 Å². The second-order valence-electron chi connectivity index (χ2n) is 5.93. The lowest BCUT2D eigenvalue weighted by Crippen LogP contribution is -2.35. The van der Waals surface area contributed by atoms with Gasteiger partial charge in [-0.1, -0.05) is 22.0 Å². The first-order valence-corrected chi connectivity index (χ1v) is 7.93. The van der Waals surface area contributed by atoms with Crippen LogP contribution in [0.4, 0.5) is 0 Å². The summed E-state index contributed by atoms with van der Waals surface area (Å²) in [5, 5.41) is 10.5. The number of pyridine rings is 1. The van der Waals surface area contributed by atoms with Crippen LogP contribution in [0.3, 0.4) is 0 Å². The van der Waals surface area contributed by atoms with E-state index in [0.29, 0.717) is 11.6 Å². The smallest absolute Gasteiger partial charge is 0.336 e. The zero-order valence-corrected chi connectivity index (χ0v) is 13.2. The van der Waals surface area contributed by atoms with E-state index < -0.39 is 5.97 Å². The maximum atomic E-state index is 11.9. The average molecular weight is 347 g/mol. The van der Waals surface area contributed by atoms with Crippen LogP contribution in [0.1, 0.15) is 40.5 Å². The van der Waals surface area contributed by atoms with Crippen molar-refractivity contribution in [1.82, 2.24) is 9.88 Å². The fourth-order valence-corrected chi connectivity index (χ4v) is 4.23. The molecular formula is C16H15BrN2O2. The first-order chi connectivity index (χ1) is 10.1. The number of hydrogen-bond donors (Lipinski definition) is 1. The molecule has 0 spiro atoms. The lowest BCUT2D eigenvalue weighted by molar-refractivity contribution is 0.0694. The van der Waals surface area contributed by atoms with Crippen molar-refractivity contribution in [3.63, 3.8) is 0 Å². The minimum atomic E-state index is -0.847. The number of aromatic carboxylic acids is 1. The van der Waals surface area contributed by atoms with Crippen molar-refractivity contribution in [3.8, 4) is 0 Å². The second kappa shape index (κ2) is 4.52. The quantitative estimate of drug-likeness (QED) is 0.859. The van der Waals surface area contributed by atoms with Gasteiger partial charge in [0.1, 0.15) is 0 Å². The molecule has 2 aromatic rings. The Morgan fingerprint density at radius 2 is 2.24 bits per heavy atom. The van der Waals surface area contributed by atoms with E-state index in [2.05, 4.69) is 27.9 Å². The van der Waals surface area contributed by atoms with Crippen LogP contribution in [-0.4, -0.2) is 34.0 Å². The van der Waals surface area contributed by atoms with Gasteiger partial charge in [-0.3, -0.25) is 9.88 Å². The van der Waals surface area contributed by atoms with E-state index in [4.69, 9.17) is 4.98 Å². The third-order valence-corrected chi connectivity index (χ3v) is 5.37. The van der Waals surface area contributed by atoms with Crippen LogP contribution in [-0.2, 0) is 6.42 Å². The predicted octanol–water partition coefficient (Wildman–Crippen LogP) is 3.39. The highest BCUT2D eigenvalue weighted by Gasteiger charge is 2.41. The van der Waals surface area contributed by atoms with Crippen LogP contribution >= 0.6 is 15.9 Å². The Balaban J connectivity index is 2.08. The summed E-state index contributed by atoms with van der Waals surface area (Å²) in [7, 11) is 2.10. The zero-order valence-electron chi connectivity index (χ0n) is 11.6. The molecule has 2 unspecified atom stereocenters. The summed E-state index contributed by atoms with van der Waals surface area (Å²) >= 11 is 3.44. The molecule has 2 aliphatic rings. The summed E-state index contributed by atoms with van der Waals surface area (Å²) in [6, 6.07) is 6.35. The van der Waals surface area contributed by atoms with Gasteiger partial charge in [-0.15, -0.1) is 0 Å². The van der Waals surface area contributed by atoms with Crippen molar-refractivity contribution >= 4 is 32.8 Å². The molecule has 5 heteroatoms. The minimum absolute atomic E-state index is 0.199. The van der Waals surface area contributed by atoms with Gasteiger partial charge in [0.25, 0.3) is 0 Å². The Morgan fingerprint density at radius 3 is 3.00 bits per heavy atom. The van der Waals surface area contributed by atoms with Crippen LogP contribution in [0.5, 0.6) is 0 Å². The molecule has 0 aliphatic carbocycles. The number of carboxylic acid groups (broad SMARTS) is 1. The van der Waals surface area contributed by atoms with Gasteiger partial charge in [0.2, 0.25) is 0 Å². The van der Waals surface area contributed by atoms with E-state index in [9.17, 15) is 9.90 Å². The highest BCUT2D eigenvalue weighted by molar-refractivity contribution is 9.10. The molecule has 1 N–H and O–H groups in total. The van der Waals surface area contributed by atoms with Gasteiger partial charge >= 0.3 is 5.97 Å². The Labute approximate surface area is 130 Å². The number of nitrogens with zero attached hydrogens (tertiary/aromatic N) is 2. The molecule has 1 fully saturated rings. The maximum Gasteiger partial charge on any atom is 0.336 e. The second-order valence-corrected chi connectivity index (χ2v) is 6.85. The number of carboxylic acids is 1. The molecule has 2 bridgehead atoms. The molecule has 1 aromatic heterocycles. The molecule has 0 amide bonds. The molecule has 21 heavy (non-hydrogen) atoms. The molecule has 1 saturated heterocycles. The average Bonchev–Trinajstić information content (AvgIpc) is 2.68. The first kappa shape index (κ1) is 13.2. The monoisotopic (exact) mass is 346 g/mol. The Bertz CT molecular complexity index is 774. The number of hydrogen-bond acceptors (Lipinski definition) is 3. The Hall–Kier alpha value is -1.46. The van der Waals surface area contributed by atoms with Crippen molar-refractivity contribution in [2.45, 2.75) is 31.3 Å². The molecule has 3 heterocycles. The van der Waals surface area contributed by atoms with E-state index in [1.54, 1.807) is 0 Å². The molecule has 108 valence electrons. The third kappa shape index (κ3) is 1.84. The molecule has 4 nitrogen and oxygen atoms in total. The minimum Gasteiger partial charge on any atom is -0.478 e. The standard InChI is InChI=1S/C16H15BrN2O2/c1-19-9-3-5-13(19)15-12(7-9)18-11-6-8(17)2-4-10(11)14(15)16(20)21/h2,4,6,9,13H,3,5,7H2,1H3,(H,20,21). The van der Waals surface area contributed by atoms with Crippen LogP contribution in [0.2, 0.25) is 0 Å². The van der Waals surface area contributed by atoms with Crippen LogP contribution < -0.4 is 0 Å². The molecule has 2 aliphatic heterocycles. The topological polar surface area (TPSA) is 53.4 Å². The molecule has 0 radical (unpaired) electrons. The predicted molar refractivity (Wildman–Crippen MR) is 83.6 cm³/mol. The van der Waals surface area contributed by atoms with E-state index in [-0.39, 0.29) is 6.04 Å². The molecule has 4 rings (SSSR count). The van der Waals surface area contributed by atoms with Crippen LogP contribution in [0.25, 0.3) is 10.9 Å². The highest BCUT2D eigenvalue weighted by atomic mass is 79.9. The van der Waals surface area contributed by atoms with Crippen molar-refractivity contribution in [2.75, 3.05) is 7.05 Å². The maximum absolute atomic E-state index is 11.9. The van der Waals surface area contributed by atoms with Crippen LogP contribution in [0.15, 0.2) is 22.7 Å². The van der Waals surface area contributed by atoms with Gasteiger partial charge in [0, 0.05) is 39.6 Å². The molecular weight excluding hydrogens is 332 g/mol. The number of rotatable bonds is 1. The van der Waals surface area contributed by atoms with E-state index >= 15 is 0 Å². The fraction of sp³-hybridized carbons (Fsp3) is 0.375. The molecule has 1 aromatic carbocycles. The lowest BCUT2D eigenvalue weighted by atomic mass is 9.91. The number of likely N-dealkylation sites (N-methyl/N-ethyl adjacent to an activating group) is 1. The summed E-state index contributed by atoms with van der Waals surface area (Å²) in [6.07, 6.45) is 3.00. The van der Waals surface area contributed by atoms with E-state index in [0.717, 1.165) is 45.9 Å². The fourth-order valence-electron chi connectivity index (χ4n) is 3.88. The number of halogens is 1. The number of benzene rings is 1. The zero-order chi connectivity index (χ0) is 14.7. The first-order valence-electron chi connectivity index (χ1n) is 7.13. The van der Waals surface area contributed by atoms with Crippen molar-refractivity contribution < 1.29 is 9.90 Å².